The molecule has 3 saturated heterocycles. The number of likely N-dealkylation sites (tertiary alicyclic amines) is 1. The predicted molar refractivity (Wildman–Crippen MR) is 239 cm³/mol. The molecule has 3 fully saturated rings. The van der Waals surface area contributed by atoms with Crippen LogP contribution in [0.25, 0.3) is 6.08 Å². The number of aromatic nitrogens is 2. The third-order valence-corrected chi connectivity index (χ3v) is 12.3. The number of hydrogen-bond donors (Lipinski definition) is 3. The molecule has 6 amide bonds. The molecule has 3 aromatic rings. The number of fused-ring (bicyclic) bond motifs is 1. The maximum atomic E-state index is 13.3. The Kier molecular flexibility index (Phi) is 16.4. The van der Waals surface area contributed by atoms with E-state index in [2.05, 4.69) is 30.8 Å². The molecule has 17 heteroatoms. The molecule has 0 spiro atoms. The summed E-state index contributed by atoms with van der Waals surface area (Å²) in [5, 5.41) is 8.60. The van der Waals surface area contributed by atoms with E-state index in [-0.39, 0.29) is 42.4 Å². The van der Waals surface area contributed by atoms with Gasteiger partial charge in [0.2, 0.25) is 23.6 Å². The van der Waals surface area contributed by atoms with E-state index in [1.165, 1.54) is 11.0 Å². The number of carbonyl (C=O) groups is 6. The monoisotopic (exact) mass is 877 g/mol. The second-order valence-electron chi connectivity index (χ2n) is 16.5. The second kappa shape index (κ2) is 22.9. The van der Waals surface area contributed by atoms with Gasteiger partial charge in [0, 0.05) is 107 Å². The molecular weight excluding hydrogens is 819 g/mol. The highest BCUT2D eigenvalue weighted by atomic mass is 16.5. The number of piperidine rings is 2. The van der Waals surface area contributed by atoms with E-state index in [0.717, 1.165) is 67.8 Å². The van der Waals surface area contributed by atoms with Gasteiger partial charge >= 0.3 is 0 Å². The number of unbranched alkanes of at least 4 members (excludes halogenated alkanes) is 1. The van der Waals surface area contributed by atoms with Crippen LogP contribution >= 0.6 is 0 Å². The summed E-state index contributed by atoms with van der Waals surface area (Å²) in [6.07, 6.45) is 14.2. The zero-order valence-electron chi connectivity index (χ0n) is 36.4. The summed E-state index contributed by atoms with van der Waals surface area (Å²) in [4.78, 5) is 91.4. The van der Waals surface area contributed by atoms with Crippen molar-refractivity contribution in [2.24, 2.45) is 5.92 Å². The van der Waals surface area contributed by atoms with E-state index < -0.39 is 11.9 Å². The van der Waals surface area contributed by atoms with Crippen molar-refractivity contribution in [2.75, 3.05) is 89.0 Å². The lowest BCUT2D eigenvalue weighted by atomic mass is 9.91. The molecule has 17 nitrogen and oxygen atoms in total. The van der Waals surface area contributed by atoms with Gasteiger partial charge in [0.1, 0.15) is 11.9 Å². The van der Waals surface area contributed by atoms with Crippen LogP contribution in [0.2, 0.25) is 0 Å². The standard InChI is InChI=1S/C47H59N9O8/c57-42(13-9-35-6-4-18-48-31-35)50-19-2-1-5-34-15-21-55(22-16-34)46(61)36-10-12-41(51-32-36)53-23-25-54(26-24-53)44(59)17-27-63-29-30-64-28-20-49-39-8-3-7-37-38(39)33-56(47(37)62)40-11-14-43(58)52-45(40)60/h3-4,6-10,12-13,18,31-32,34,40,49H,1-2,5,11,14-17,19-30,33H2,(H,50,57)(H,52,58,60)/b13-9+. The zero-order valence-corrected chi connectivity index (χ0v) is 36.4. The van der Waals surface area contributed by atoms with Crippen LogP contribution in [-0.4, -0.2) is 145 Å². The predicted octanol–water partition coefficient (Wildman–Crippen LogP) is 3.27. The number of ether oxygens (including phenoxy) is 2. The normalized spacial score (nSPS) is 18.1. The molecule has 0 aliphatic carbocycles. The summed E-state index contributed by atoms with van der Waals surface area (Å²) in [6.45, 7) is 6.81. The van der Waals surface area contributed by atoms with Crippen molar-refractivity contribution in [1.82, 2.24) is 35.3 Å². The van der Waals surface area contributed by atoms with Crippen LogP contribution in [0.5, 0.6) is 0 Å². The van der Waals surface area contributed by atoms with Crippen molar-refractivity contribution in [3.63, 3.8) is 0 Å². The SMILES string of the molecule is O=C(/C=C/c1cccnc1)NCCCCC1CCN(C(=O)c2ccc(N3CCN(C(=O)CCOCCOCCNc4cccc5c4CN(C4CCC(=O)NC4=O)C5=O)CC3)nc2)CC1. The van der Waals surface area contributed by atoms with Gasteiger partial charge in [-0.3, -0.25) is 39.1 Å². The molecule has 6 heterocycles. The van der Waals surface area contributed by atoms with E-state index in [0.29, 0.717) is 95.7 Å². The first kappa shape index (κ1) is 45.8. The summed E-state index contributed by atoms with van der Waals surface area (Å²) in [5.74, 6) is 0.359. The third kappa shape index (κ3) is 12.5. The topological polar surface area (TPSA) is 196 Å². The number of carbonyl (C=O) groups excluding carboxylic acids is 6. The fraction of sp³-hybridized carbons (Fsp3) is 0.489. The lowest BCUT2D eigenvalue weighted by Crippen LogP contribution is -2.52. The van der Waals surface area contributed by atoms with Gasteiger partial charge in [0.15, 0.2) is 0 Å². The Bertz CT molecular complexity index is 2120. The maximum Gasteiger partial charge on any atom is 0.255 e. The highest BCUT2D eigenvalue weighted by molar-refractivity contribution is 6.06. The number of pyridine rings is 2. The third-order valence-electron chi connectivity index (χ3n) is 12.3. The second-order valence-corrected chi connectivity index (χ2v) is 16.5. The maximum absolute atomic E-state index is 13.3. The fourth-order valence-corrected chi connectivity index (χ4v) is 8.62. The Morgan fingerprint density at radius 2 is 1.64 bits per heavy atom. The number of piperazine rings is 1. The van der Waals surface area contributed by atoms with Crippen LogP contribution in [0.3, 0.4) is 0 Å². The van der Waals surface area contributed by atoms with Gasteiger partial charge in [0.05, 0.1) is 38.4 Å². The van der Waals surface area contributed by atoms with E-state index in [4.69, 9.17) is 9.47 Å². The number of imide groups is 1. The molecule has 0 bridgehead atoms. The van der Waals surface area contributed by atoms with E-state index >= 15 is 0 Å². The molecule has 340 valence electrons. The molecule has 64 heavy (non-hydrogen) atoms. The molecule has 3 N–H and O–H groups in total. The Morgan fingerprint density at radius 3 is 2.39 bits per heavy atom. The summed E-state index contributed by atoms with van der Waals surface area (Å²) in [5.41, 5.74) is 3.66. The van der Waals surface area contributed by atoms with Crippen LogP contribution in [0.15, 0.2) is 67.1 Å². The van der Waals surface area contributed by atoms with Crippen LogP contribution < -0.4 is 20.9 Å². The van der Waals surface area contributed by atoms with Crippen LogP contribution in [0.1, 0.15) is 83.2 Å². The van der Waals surface area contributed by atoms with Gasteiger partial charge in [0.25, 0.3) is 11.8 Å². The van der Waals surface area contributed by atoms with Crippen molar-refractivity contribution in [3.05, 3.63) is 89.4 Å². The zero-order chi connectivity index (χ0) is 44.7. The highest BCUT2D eigenvalue weighted by Gasteiger charge is 2.40. The van der Waals surface area contributed by atoms with Gasteiger partial charge in [-0.25, -0.2) is 4.98 Å². The molecular formula is C47H59N9O8. The summed E-state index contributed by atoms with van der Waals surface area (Å²) in [6, 6.07) is 12.3. The van der Waals surface area contributed by atoms with Gasteiger partial charge in [-0.15, -0.1) is 0 Å². The molecule has 1 atom stereocenters. The molecule has 2 aromatic heterocycles. The molecule has 1 unspecified atom stereocenters. The highest BCUT2D eigenvalue weighted by Crippen LogP contribution is 2.32. The molecule has 1 aromatic carbocycles. The Morgan fingerprint density at radius 1 is 0.828 bits per heavy atom. The molecule has 4 aliphatic heterocycles. The van der Waals surface area contributed by atoms with Crippen molar-refractivity contribution in [1.29, 1.82) is 0 Å². The first-order valence-corrected chi connectivity index (χ1v) is 22.5. The average molecular weight is 878 g/mol. The average Bonchev–Trinajstić information content (AvgIpc) is 3.66. The minimum Gasteiger partial charge on any atom is -0.382 e. The van der Waals surface area contributed by atoms with Crippen LogP contribution in [0, 0.1) is 5.92 Å². The molecule has 4 aliphatic rings. The van der Waals surface area contributed by atoms with Gasteiger partial charge < -0.3 is 39.7 Å². The number of nitrogens with zero attached hydrogens (tertiary/aromatic N) is 6. The largest absolute Gasteiger partial charge is 0.382 e. The number of benzene rings is 1. The van der Waals surface area contributed by atoms with Crippen LogP contribution in [-0.2, 0) is 35.2 Å². The van der Waals surface area contributed by atoms with Gasteiger partial charge in [-0.05, 0) is 73.6 Å². The Labute approximate surface area is 373 Å². The van der Waals surface area contributed by atoms with Crippen LogP contribution in [0.4, 0.5) is 11.5 Å². The number of anilines is 2. The first-order valence-electron chi connectivity index (χ1n) is 22.5. The fourth-order valence-electron chi connectivity index (χ4n) is 8.62. The lowest BCUT2D eigenvalue weighted by Gasteiger charge is -2.35. The Balaban J connectivity index is 0.704. The van der Waals surface area contributed by atoms with E-state index in [9.17, 15) is 28.8 Å². The molecule has 7 rings (SSSR count). The van der Waals surface area contributed by atoms with Crippen molar-refractivity contribution < 1.29 is 38.2 Å². The van der Waals surface area contributed by atoms with Gasteiger partial charge in [-0.2, -0.15) is 0 Å². The smallest absolute Gasteiger partial charge is 0.255 e. The molecule has 0 radical (unpaired) electrons. The van der Waals surface area contributed by atoms with E-state index in [1.807, 2.05) is 40.1 Å². The van der Waals surface area contributed by atoms with E-state index in [1.54, 1.807) is 36.8 Å². The minimum atomic E-state index is -0.659. The number of amides is 6. The van der Waals surface area contributed by atoms with Crippen molar-refractivity contribution in [2.45, 2.75) is 64.0 Å². The molecule has 0 saturated carbocycles. The number of nitrogens with one attached hydrogen (secondary N) is 3. The number of rotatable bonds is 20. The number of hydrogen-bond acceptors (Lipinski definition) is 12. The van der Waals surface area contributed by atoms with Crippen molar-refractivity contribution >= 4 is 53.0 Å². The summed E-state index contributed by atoms with van der Waals surface area (Å²) >= 11 is 0. The minimum absolute atomic E-state index is 0.00838. The summed E-state index contributed by atoms with van der Waals surface area (Å²) in [7, 11) is 0. The van der Waals surface area contributed by atoms with Gasteiger partial charge in [-0.1, -0.05) is 25.0 Å². The lowest BCUT2D eigenvalue weighted by molar-refractivity contribution is -0.137. The quantitative estimate of drug-likeness (QED) is 0.0854. The Hall–Kier alpha value is -6.20. The summed E-state index contributed by atoms with van der Waals surface area (Å²) < 4.78 is 11.4. The first-order chi connectivity index (χ1) is 31.2. The van der Waals surface area contributed by atoms with Crippen molar-refractivity contribution in [3.8, 4) is 0 Å².